The molecule has 0 spiro atoms. The Bertz CT molecular complexity index is 1140. The zero-order valence-corrected chi connectivity index (χ0v) is 18.1. The number of hydrogen-bond acceptors (Lipinski definition) is 6. The van der Waals surface area contributed by atoms with Crippen molar-refractivity contribution in [2.75, 3.05) is 17.7 Å². The number of ether oxygens (including phenoxy) is 1. The summed E-state index contributed by atoms with van der Waals surface area (Å²) in [7, 11) is 1.65. The summed E-state index contributed by atoms with van der Waals surface area (Å²) >= 11 is 1.56. The number of anilines is 2. The second-order valence-electron chi connectivity index (χ2n) is 6.85. The molecule has 0 saturated carbocycles. The number of benzene rings is 1. The molecule has 0 unspecified atom stereocenters. The highest BCUT2D eigenvalue weighted by Gasteiger charge is 2.23. The van der Waals surface area contributed by atoms with Crippen molar-refractivity contribution in [2.24, 2.45) is 0 Å². The molecule has 4 aromatic rings. The van der Waals surface area contributed by atoms with Crippen LogP contribution in [0.3, 0.4) is 0 Å². The summed E-state index contributed by atoms with van der Waals surface area (Å²) in [4.78, 5) is 18.3. The fourth-order valence-corrected chi connectivity index (χ4v) is 4.31. The van der Waals surface area contributed by atoms with Crippen molar-refractivity contribution in [3.63, 3.8) is 0 Å². The maximum absolute atomic E-state index is 12.7. The predicted octanol–water partition coefficient (Wildman–Crippen LogP) is 5.76. The first kappa shape index (κ1) is 20.7. The Labute approximate surface area is 184 Å². The molecule has 158 valence electrons. The van der Waals surface area contributed by atoms with Gasteiger partial charge in [0.2, 0.25) is 0 Å². The van der Waals surface area contributed by atoms with E-state index in [-0.39, 0.29) is 17.7 Å². The number of methoxy groups -OCH3 is 1. The Kier molecular flexibility index (Phi) is 6.33. The predicted molar refractivity (Wildman–Crippen MR) is 123 cm³/mol. The van der Waals surface area contributed by atoms with Gasteiger partial charge in [-0.05, 0) is 54.4 Å². The summed E-state index contributed by atoms with van der Waals surface area (Å²) < 4.78 is 10.7. The Balaban J connectivity index is 1.76. The van der Waals surface area contributed by atoms with Crippen molar-refractivity contribution in [1.82, 2.24) is 4.98 Å². The van der Waals surface area contributed by atoms with Crippen LogP contribution in [0.15, 0.2) is 77.5 Å². The van der Waals surface area contributed by atoms with Crippen LogP contribution >= 0.6 is 11.3 Å². The highest BCUT2D eigenvalue weighted by Crippen LogP contribution is 2.38. The SMILES string of the molecule is CCc1cc([C@H](Nc2ccccn2)c2cccc(OC)c2)c(NC(=O)c2ccco2)s1. The van der Waals surface area contributed by atoms with Crippen LogP contribution in [0.25, 0.3) is 0 Å². The van der Waals surface area contributed by atoms with Gasteiger partial charge in [-0.15, -0.1) is 11.3 Å². The average Bonchev–Trinajstić information content (AvgIpc) is 3.48. The molecule has 7 heteroatoms. The molecule has 0 fully saturated rings. The van der Waals surface area contributed by atoms with Gasteiger partial charge in [-0.2, -0.15) is 0 Å². The number of thiophene rings is 1. The molecule has 1 amide bonds. The van der Waals surface area contributed by atoms with Crippen LogP contribution in [-0.4, -0.2) is 18.0 Å². The van der Waals surface area contributed by atoms with E-state index < -0.39 is 0 Å². The molecule has 3 aromatic heterocycles. The molecule has 4 rings (SSSR count). The van der Waals surface area contributed by atoms with E-state index in [4.69, 9.17) is 9.15 Å². The molecule has 0 saturated heterocycles. The van der Waals surface area contributed by atoms with Gasteiger partial charge in [0.1, 0.15) is 16.6 Å². The van der Waals surface area contributed by atoms with Crippen LogP contribution in [0.4, 0.5) is 10.8 Å². The lowest BCUT2D eigenvalue weighted by atomic mass is 9.99. The number of amides is 1. The van der Waals surface area contributed by atoms with Gasteiger partial charge >= 0.3 is 0 Å². The van der Waals surface area contributed by atoms with Gasteiger partial charge in [0.05, 0.1) is 19.4 Å². The summed E-state index contributed by atoms with van der Waals surface area (Å²) in [5.74, 6) is 1.49. The van der Waals surface area contributed by atoms with Crippen molar-refractivity contribution in [3.8, 4) is 5.75 Å². The average molecular weight is 434 g/mol. The van der Waals surface area contributed by atoms with E-state index in [1.165, 1.54) is 11.1 Å². The van der Waals surface area contributed by atoms with E-state index in [1.807, 2.05) is 42.5 Å². The number of aryl methyl sites for hydroxylation is 1. The second kappa shape index (κ2) is 9.49. The quantitative estimate of drug-likeness (QED) is 0.369. The van der Waals surface area contributed by atoms with Crippen molar-refractivity contribution >= 4 is 28.1 Å². The molecular formula is C24H23N3O3S. The number of nitrogens with zero attached hydrogens (tertiary/aromatic N) is 1. The fourth-order valence-electron chi connectivity index (χ4n) is 3.28. The van der Waals surface area contributed by atoms with Crippen molar-refractivity contribution < 1.29 is 13.9 Å². The molecule has 1 aromatic carbocycles. The lowest BCUT2D eigenvalue weighted by Gasteiger charge is -2.21. The number of carbonyl (C=O) groups excluding carboxylic acids is 1. The number of hydrogen-bond donors (Lipinski definition) is 2. The zero-order valence-electron chi connectivity index (χ0n) is 17.3. The van der Waals surface area contributed by atoms with Crippen molar-refractivity contribution in [3.05, 3.63) is 94.9 Å². The van der Waals surface area contributed by atoms with Gasteiger partial charge in [0.25, 0.3) is 5.91 Å². The lowest BCUT2D eigenvalue weighted by Crippen LogP contribution is -2.17. The zero-order chi connectivity index (χ0) is 21.6. The minimum absolute atomic E-state index is 0.242. The Morgan fingerprint density at radius 3 is 2.77 bits per heavy atom. The van der Waals surface area contributed by atoms with Crippen molar-refractivity contribution in [2.45, 2.75) is 19.4 Å². The van der Waals surface area contributed by atoms with Crippen LogP contribution in [0.5, 0.6) is 5.75 Å². The van der Waals surface area contributed by atoms with Crippen molar-refractivity contribution in [1.29, 1.82) is 0 Å². The Morgan fingerprint density at radius 2 is 2.06 bits per heavy atom. The molecular weight excluding hydrogens is 410 g/mol. The van der Waals surface area contributed by atoms with Gasteiger partial charge in [-0.3, -0.25) is 4.79 Å². The van der Waals surface area contributed by atoms with Gasteiger partial charge in [0, 0.05) is 16.6 Å². The number of rotatable bonds is 8. The standard InChI is InChI=1S/C24H23N3O3S/c1-3-18-15-19(24(31-18)27-23(28)20-10-7-13-30-20)22(26-21-11-4-5-12-25-21)16-8-6-9-17(14-16)29-2/h4-15,22H,3H2,1-2H3,(H,25,26)(H,27,28)/t22-/m1/s1. The topological polar surface area (TPSA) is 76.4 Å². The van der Waals surface area contributed by atoms with E-state index in [1.54, 1.807) is 36.8 Å². The van der Waals surface area contributed by atoms with Crippen LogP contribution < -0.4 is 15.4 Å². The normalized spacial score (nSPS) is 11.7. The molecule has 6 nitrogen and oxygen atoms in total. The molecule has 0 aliphatic rings. The third-order valence-electron chi connectivity index (χ3n) is 4.83. The second-order valence-corrected chi connectivity index (χ2v) is 7.99. The Morgan fingerprint density at radius 1 is 1.16 bits per heavy atom. The summed E-state index contributed by atoms with van der Waals surface area (Å²) in [5, 5.41) is 7.31. The maximum atomic E-state index is 12.7. The minimum Gasteiger partial charge on any atom is -0.497 e. The summed E-state index contributed by atoms with van der Waals surface area (Å²) in [6, 6.07) is 18.8. The third kappa shape index (κ3) is 4.78. The highest BCUT2D eigenvalue weighted by molar-refractivity contribution is 7.16. The van der Waals surface area contributed by atoms with Crippen LogP contribution in [0, 0.1) is 0 Å². The van der Waals surface area contributed by atoms with E-state index in [9.17, 15) is 4.79 Å². The van der Waals surface area contributed by atoms with Crippen LogP contribution in [0.1, 0.15) is 39.5 Å². The summed E-state index contributed by atoms with van der Waals surface area (Å²) in [6.45, 7) is 2.10. The maximum Gasteiger partial charge on any atom is 0.291 e. The highest BCUT2D eigenvalue weighted by atomic mass is 32.1. The number of pyridine rings is 1. The molecule has 2 N–H and O–H groups in total. The number of nitrogens with one attached hydrogen (secondary N) is 2. The Hall–Kier alpha value is -3.58. The third-order valence-corrected chi connectivity index (χ3v) is 6.04. The summed E-state index contributed by atoms with van der Waals surface area (Å²) in [6.07, 6.45) is 4.10. The first-order valence-electron chi connectivity index (χ1n) is 9.97. The molecule has 0 bridgehead atoms. The van der Waals surface area contributed by atoms with E-state index >= 15 is 0 Å². The van der Waals surface area contributed by atoms with Gasteiger partial charge in [-0.1, -0.05) is 25.1 Å². The smallest absolute Gasteiger partial charge is 0.291 e. The van der Waals surface area contributed by atoms with Gasteiger partial charge in [0.15, 0.2) is 5.76 Å². The first-order chi connectivity index (χ1) is 15.2. The van der Waals surface area contributed by atoms with Gasteiger partial charge < -0.3 is 19.8 Å². The van der Waals surface area contributed by atoms with E-state index in [2.05, 4.69) is 28.6 Å². The van der Waals surface area contributed by atoms with Gasteiger partial charge in [-0.25, -0.2) is 4.98 Å². The van der Waals surface area contributed by atoms with Crippen LogP contribution in [0.2, 0.25) is 0 Å². The largest absolute Gasteiger partial charge is 0.497 e. The molecule has 0 aliphatic heterocycles. The number of furan rings is 1. The summed E-state index contributed by atoms with van der Waals surface area (Å²) in [5.41, 5.74) is 1.96. The first-order valence-corrected chi connectivity index (χ1v) is 10.8. The number of carbonyl (C=O) groups is 1. The van der Waals surface area contributed by atoms with E-state index in [0.29, 0.717) is 0 Å². The molecule has 3 heterocycles. The molecule has 0 aliphatic carbocycles. The minimum atomic E-state index is -0.280. The van der Waals surface area contributed by atoms with Crippen LogP contribution in [-0.2, 0) is 6.42 Å². The monoisotopic (exact) mass is 433 g/mol. The van der Waals surface area contributed by atoms with E-state index in [0.717, 1.165) is 34.1 Å². The lowest BCUT2D eigenvalue weighted by molar-refractivity contribution is 0.0997. The number of aromatic nitrogens is 1. The fraction of sp³-hybridized carbons (Fsp3) is 0.167. The molecule has 31 heavy (non-hydrogen) atoms. The molecule has 1 atom stereocenters. The molecule has 0 radical (unpaired) electrons.